The smallest absolute Gasteiger partial charge is 0.278 e. The highest BCUT2D eigenvalue weighted by Gasteiger charge is 2.29. The summed E-state index contributed by atoms with van der Waals surface area (Å²) in [5.74, 6) is -0.369. The van der Waals surface area contributed by atoms with E-state index in [1.807, 2.05) is 24.0 Å². The summed E-state index contributed by atoms with van der Waals surface area (Å²) in [5.41, 5.74) is 1.37. The van der Waals surface area contributed by atoms with E-state index in [0.717, 1.165) is 23.4 Å². The maximum atomic E-state index is 14.6. The number of rotatable bonds is 5. The fourth-order valence-corrected chi connectivity index (χ4v) is 4.36. The second-order valence-corrected chi connectivity index (χ2v) is 9.54. The van der Waals surface area contributed by atoms with Crippen LogP contribution in [0.2, 0.25) is 0 Å². The van der Waals surface area contributed by atoms with Crippen LogP contribution >= 0.6 is 0 Å². The third kappa shape index (κ3) is 4.34. The summed E-state index contributed by atoms with van der Waals surface area (Å²) < 4.78 is 15.7. The molecule has 0 radical (unpaired) electrons. The number of fused-ring (bicyclic) bond motifs is 1. The number of nitrogens with one attached hydrogen (secondary N) is 1. The van der Waals surface area contributed by atoms with Crippen molar-refractivity contribution in [1.82, 2.24) is 9.38 Å². The van der Waals surface area contributed by atoms with Crippen LogP contribution in [0.1, 0.15) is 56.3 Å². The summed E-state index contributed by atoms with van der Waals surface area (Å²) in [6.07, 6.45) is 2.89. The third-order valence-corrected chi connectivity index (χ3v) is 6.51. The van der Waals surface area contributed by atoms with Gasteiger partial charge >= 0.3 is 0 Å². The number of pyridine rings is 1. The maximum absolute atomic E-state index is 14.6. The van der Waals surface area contributed by atoms with Crippen molar-refractivity contribution in [3.63, 3.8) is 0 Å². The molecule has 7 nitrogen and oxygen atoms in total. The predicted molar refractivity (Wildman–Crippen MR) is 132 cm³/mol. The molecule has 0 aliphatic carbocycles. The number of piperidine rings is 1. The highest BCUT2D eigenvalue weighted by atomic mass is 19.1. The molecule has 3 heterocycles. The molecule has 34 heavy (non-hydrogen) atoms. The first kappa shape index (κ1) is 23.3. The van der Waals surface area contributed by atoms with Crippen molar-refractivity contribution in [3.8, 4) is 6.07 Å². The average Bonchev–Trinajstić information content (AvgIpc) is 2.79. The molecule has 2 N–H and O–H groups in total. The fourth-order valence-electron chi connectivity index (χ4n) is 4.36. The molecule has 0 bridgehead atoms. The predicted octanol–water partition coefficient (Wildman–Crippen LogP) is 5.03. The number of para-hydroxylation sites is 1. The molecule has 1 unspecified atom stereocenters. The monoisotopic (exact) mass is 461 g/mol. The lowest BCUT2D eigenvalue weighted by Crippen LogP contribution is -2.39. The quantitative estimate of drug-likeness (QED) is 0.518. The standard InChI is InChI=1S/C26H28FN5O2/c1-16(29-22-8-6-5-7-19(22)17(2)33)20-13-18(27)15-32-24(20)30-23(21(14-28)25(32)34)31-11-9-26(3,4)10-12-31/h5-8,13,15-16,29,33H,2,9-12H2,1,3-4H3. The van der Waals surface area contributed by atoms with Crippen molar-refractivity contribution >= 4 is 22.9 Å². The van der Waals surface area contributed by atoms with Crippen LogP contribution in [0, 0.1) is 22.6 Å². The normalized spacial score (nSPS) is 16.1. The van der Waals surface area contributed by atoms with Gasteiger partial charge in [0.1, 0.15) is 23.3 Å². The lowest BCUT2D eigenvalue weighted by Gasteiger charge is -2.37. The van der Waals surface area contributed by atoms with Crippen molar-refractivity contribution in [2.75, 3.05) is 23.3 Å². The molecule has 4 rings (SSSR count). The van der Waals surface area contributed by atoms with Gasteiger partial charge in [-0.1, -0.05) is 32.6 Å². The molecular formula is C26H28FN5O2. The minimum atomic E-state index is -0.615. The molecule has 0 spiro atoms. The van der Waals surface area contributed by atoms with Gasteiger partial charge in [0, 0.05) is 36.1 Å². The Labute approximate surface area is 197 Å². The molecular weight excluding hydrogens is 433 g/mol. The van der Waals surface area contributed by atoms with Gasteiger partial charge in [-0.05, 0) is 43.4 Å². The Morgan fingerprint density at radius 3 is 2.65 bits per heavy atom. The average molecular weight is 462 g/mol. The molecule has 1 aromatic carbocycles. The van der Waals surface area contributed by atoms with E-state index >= 15 is 0 Å². The van der Waals surface area contributed by atoms with Crippen LogP contribution in [0.25, 0.3) is 11.4 Å². The number of benzene rings is 1. The third-order valence-electron chi connectivity index (χ3n) is 6.51. The van der Waals surface area contributed by atoms with E-state index in [-0.39, 0.29) is 22.4 Å². The zero-order chi connectivity index (χ0) is 24.6. The van der Waals surface area contributed by atoms with Crippen LogP contribution in [0.4, 0.5) is 15.9 Å². The zero-order valence-corrected chi connectivity index (χ0v) is 19.6. The van der Waals surface area contributed by atoms with Crippen LogP contribution in [-0.2, 0) is 0 Å². The van der Waals surface area contributed by atoms with Gasteiger partial charge in [-0.2, -0.15) is 5.26 Å². The summed E-state index contributed by atoms with van der Waals surface area (Å²) in [6, 6.07) is 9.94. The Bertz CT molecular complexity index is 1360. The number of aromatic nitrogens is 2. The second-order valence-electron chi connectivity index (χ2n) is 9.54. The Kier molecular flexibility index (Phi) is 6.05. The molecule has 2 aromatic heterocycles. The summed E-state index contributed by atoms with van der Waals surface area (Å²) in [5, 5.41) is 22.9. The van der Waals surface area contributed by atoms with Crippen LogP contribution in [0.15, 0.2) is 47.9 Å². The van der Waals surface area contributed by atoms with Crippen LogP contribution < -0.4 is 15.8 Å². The first-order chi connectivity index (χ1) is 16.1. The Balaban J connectivity index is 1.83. The van der Waals surface area contributed by atoms with Crippen molar-refractivity contribution in [1.29, 1.82) is 5.26 Å². The lowest BCUT2D eigenvalue weighted by atomic mass is 9.82. The van der Waals surface area contributed by atoms with Crippen LogP contribution in [0.5, 0.6) is 0 Å². The first-order valence-corrected chi connectivity index (χ1v) is 11.3. The number of aliphatic hydroxyl groups is 1. The number of hydrogen-bond acceptors (Lipinski definition) is 6. The fraction of sp³-hybridized carbons (Fsp3) is 0.346. The van der Waals surface area contributed by atoms with E-state index < -0.39 is 17.4 Å². The summed E-state index contributed by atoms with van der Waals surface area (Å²) in [4.78, 5) is 19.9. The van der Waals surface area contributed by atoms with E-state index in [0.29, 0.717) is 35.7 Å². The summed E-state index contributed by atoms with van der Waals surface area (Å²) in [7, 11) is 0. The van der Waals surface area contributed by atoms with Gasteiger partial charge in [-0.3, -0.25) is 9.20 Å². The first-order valence-electron chi connectivity index (χ1n) is 11.3. The number of anilines is 2. The Hall–Kier alpha value is -3.86. The van der Waals surface area contributed by atoms with Gasteiger partial charge < -0.3 is 15.3 Å². The molecule has 1 saturated heterocycles. The highest BCUT2D eigenvalue weighted by Crippen LogP contribution is 2.33. The van der Waals surface area contributed by atoms with Gasteiger partial charge in [-0.25, -0.2) is 9.37 Å². The number of aliphatic hydroxyl groups excluding tert-OH is 1. The van der Waals surface area contributed by atoms with E-state index in [9.17, 15) is 19.6 Å². The van der Waals surface area contributed by atoms with Crippen molar-refractivity contribution in [3.05, 3.63) is 76.0 Å². The number of nitrogens with zero attached hydrogens (tertiary/aromatic N) is 4. The maximum Gasteiger partial charge on any atom is 0.278 e. The lowest BCUT2D eigenvalue weighted by molar-refractivity contribution is 0.279. The highest BCUT2D eigenvalue weighted by molar-refractivity contribution is 5.71. The van der Waals surface area contributed by atoms with E-state index in [1.54, 1.807) is 18.2 Å². The molecule has 1 fully saturated rings. The zero-order valence-electron chi connectivity index (χ0n) is 19.6. The number of hydrogen-bond donors (Lipinski definition) is 2. The molecule has 1 aliphatic heterocycles. The summed E-state index contributed by atoms with van der Waals surface area (Å²) in [6.45, 7) is 11.2. The second kappa shape index (κ2) is 8.82. The Morgan fingerprint density at radius 1 is 1.32 bits per heavy atom. The Morgan fingerprint density at radius 2 is 2.00 bits per heavy atom. The van der Waals surface area contributed by atoms with Crippen molar-refractivity contribution < 1.29 is 9.50 Å². The largest absolute Gasteiger partial charge is 0.508 e. The minimum Gasteiger partial charge on any atom is -0.508 e. The molecule has 1 aliphatic rings. The molecule has 3 aromatic rings. The van der Waals surface area contributed by atoms with Gasteiger partial charge in [-0.15, -0.1) is 0 Å². The molecule has 0 saturated carbocycles. The number of halogens is 1. The molecule has 8 heteroatoms. The van der Waals surface area contributed by atoms with Gasteiger partial charge in [0.05, 0.1) is 6.04 Å². The van der Waals surface area contributed by atoms with Gasteiger partial charge in [0.2, 0.25) is 0 Å². The summed E-state index contributed by atoms with van der Waals surface area (Å²) >= 11 is 0. The molecule has 0 amide bonds. The van der Waals surface area contributed by atoms with Gasteiger partial charge in [0.15, 0.2) is 11.4 Å². The van der Waals surface area contributed by atoms with Crippen molar-refractivity contribution in [2.45, 2.75) is 39.7 Å². The van der Waals surface area contributed by atoms with E-state index in [1.165, 1.54) is 6.07 Å². The van der Waals surface area contributed by atoms with E-state index in [4.69, 9.17) is 4.98 Å². The number of nitriles is 1. The van der Waals surface area contributed by atoms with Gasteiger partial charge in [0.25, 0.3) is 5.56 Å². The minimum absolute atomic E-state index is 0.0868. The van der Waals surface area contributed by atoms with Crippen LogP contribution in [0.3, 0.4) is 0 Å². The molecule has 176 valence electrons. The van der Waals surface area contributed by atoms with E-state index in [2.05, 4.69) is 25.7 Å². The van der Waals surface area contributed by atoms with Crippen molar-refractivity contribution in [2.24, 2.45) is 5.41 Å². The van der Waals surface area contributed by atoms with Crippen LogP contribution in [-0.4, -0.2) is 27.6 Å². The molecule has 1 atom stereocenters. The SMILES string of the molecule is C=C(O)c1ccccc1NC(C)c1cc(F)cn2c(=O)c(C#N)c(N3CCC(C)(C)CC3)nc12. The topological polar surface area (TPSA) is 93.7 Å².